The maximum atomic E-state index is 13.7. The second-order valence-corrected chi connectivity index (χ2v) is 14.6. The number of aliphatic hydroxyl groups is 12. The van der Waals surface area contributed by atoms with Crippen LogP contribution in [0.15, 0.2) is 0 Å². The molecule has 24 heteroatoms. The Balaban J connectivity index is 1.68. The van der Waals surface area contributed by atoms with E-state index in [1.807, 2.05) is 0 Å². The summed E-state index contributed by atoms with van der Waals surface area (Å²) in [5, 5.41) is 127. The topological polar surface area (TPSA) is 396 Å². The van der Waals surface area contributed by atoms with E-state index in [1.165, 1.54) is 4.90 Å². The molecule has 3 amide bonds. The van der Waals surface area contributed by atoms with E-state index in [2.05, 4.69) is 16.0 Å². The zero-order valence-corrected chi connectivity index (χ0v) is 32.1. The highest BCUT2D eigenvalue weighted by Gasteiger charge is 2.45. The smallest absolute Gasteiger partial charge is 0.237 e. The molecule has 0 aromatic heterocycles. The first-order valence-electron chi connectivity index (χ1n) is 19.4. The van der Waals surface area contributed by atoms with Crippen molar-refractivity contribution in [1.29, 1.82) is 0 Å². The molecule has 17 N–H and O–H groups in total. The highest BCUT2D eigenvalue weighted by atomic mass is 16.7. The predicted octanol–water partition coefficient (Wildman–Crippen LogP) is -9.58. The fourth-order valence-corrected chi connectivity index (χ4v) is 6.93. The molecule has 3 aliphatic rings. The highest BCUT2D eigenvalue weighted by Crippen LogP contribution is 2.25. The molecule has 0 radical (unpaired) electrons. The van der Waals surface area contributed by atoms with Crippen LogP contribution in [0.25, 0.3) is 0 Å². The second-order valence-electron chi connectivity index (χ2n) is 14.6. The van der Waals surface area contributed by atoms with Gasteiger partial charge in [0.2, 0.25) is 17.7 Å². The van der Waals surface area contributed by atoms with Gasteiger partial charge in [-0.15, -0.1) is 0 Å². The van der Waals surface area contributed by atoms with E-state index < -0.39 is 148 Å². The van der Waals surface area contributed by atoms with E-state index in [4.69, 9.17) is 24.7 Å². The van der Waals surface area contributed by atoms with Crippen LogP contribution in [0.5, 0.6) is 0 Å². The Hall–Kier alpha value is -2.31. The summed E-state index contributed by atoms with van der Waals surface area (Å²) in [4.78, 5) is 41.6. The van der Waals surface area contributed by atoms with E-state index >= 15 is 0 Å². The van der Waals surface area contributed by atoms with Crippen molar-refractivity contribution in [2.45, 2.75) is 130 Å². The number of carbonyl (C=O) groups is 3. The predicted molar refractivity (Wildman–Crippen MR) is 194 cm³/mol. The molecule has 0 unspecified atom stereocenters. The van der Waals surface area contributed by atoms with Gasteiger partial charge in [-0.05, 0) is 32.2 Å². The standard InChI is InChI=1S/C34H63N5O19/c35-6-2-1-3-16(33(54)38-9-10-55-34-32(53)31(52)28(49)21(15-42)58-34)39(11-22(43)36-7-4-17-24(45)29(50)26(47)19(13-40)56-17)12-23(44)37-8-5-18-25(46)30(51)27(48)20(14-41)57-18/h16-21,24-32,34,40-42,45-53H,1-15,35H2,(H,36,43)(H,37,44)(H,38,54)/t16-,17+,18+,19+,20+,21+,24+,25+,26+,27+,28+,29+,30+,31-,32-,34-/m0/s1. The number of unbranched alkanes of at least 4 members (excludes halogenated alkanes) is 1. The van der Waals surface area contributed by atoms with Gasteiger partial charge in [-0.3, -0.25) is 19.3 Å². The number of nitrogens with two attached hydrogens (primary N) is 1. The van der Waals surface area contributed by atoms with E-state index in [9.17, 15) is 75.7 Å². The molecule has 0 bridgehead atoms. The van der Waals surface area contributed by atoms with Crippen molar-refractivity contribution in [3.05, 3.63) is 0 Å². The monoisotopic (exact) mass is 845 g/mol. The zero-order chi connectivity index (χ0) is 43.1. The average Bonchev–Trinajstić information content (AvgIpc) is 3.20. The maximum Gasteiger partial charge on any atom is 0.237 e. The van der Waals surface area contributed by atoms with Crippen molar-refractivity contribution in [2.75, 3.05) is 65.7 Å². The summed E-state index contributed by atoms with van der Waals surface area (Å²) >= 11 is 0. The van der Waals surface area contributed by atoms with Gasteiger partial charge in [0, 0.05) is 19.6 Å². The number of hydrogen-bond acceptors (Lipinski definition) is 21. The molecule has 0 aliphatic carbocycles. The summed E-state index contributed by atoms with van der Waals surface area (Å²) in [7, 11) is 0. The molecule has 0 saturated carbocycles. The molecule has 24 nitrogen and oxygen atoms in total. The molecule has 338 valence electrons. The Kier molecular flexibility index (Phi) is 21.4. The molecule has 3 rings (SSSR count). The lowest BCUT2D eigenvalue weighted by Gasteiger charge is -2.40. The van der Waals surface area contributed by atoms with Crippen molar-refractivity contribution < 1.29 is 94.6 Å². The van der Waals surface area contributed by atoms with Crippen LogP contribution in [0.3, 0.4) is 0 Å². The first kappa shape index (κ1) is 50.0. The van der Waals surface area contributed by atoms with Crippen LogP contribution in [0.4, 0.5) is 0 Å². The lowest BCUT2D eigenvalue weighted by Crippen LogP contribution is -2.59. The van der Waals surface area contributed by atoms with E-state index in [0.29, 0.717) is 12.8 Å². The Morgan fingerprint density at radius 2 is 1.00 bits per heavy atom. The number of nitrogens with zero attached hydrogens (tertiary/aromatic N) is 1. The Labute approximate surface area is 334 Å². The number of ether oxygens (including phenoxy) is 4. The van der Waals surface area contributed by atoms with Crippen molar-refractivity contribution >= 4 is 17.7 Å². The summed E-state index contributed by atoms with van der Waals surface area (Å²) in [5.74, 6) is -1.97. The Morgan fingerprint density at radius 1 is 0.569 bits per heavy atom. The average molecular weight is 846 g/mol. The number of carbonyl (C=O) groups excluding carboxylic acids is 3. The van der Waals surface area contributed by atoms with E-state index in [1.54, 1.807) is 0 Å². The summed E-state index contributed by atoms with van der Waals surface area (Å²) in [5.41, 5.74) is 5.68. The summed E-state index contributed by atoms with van der Waals surface area (Å²) in [6.07, 6.45) is -20.6. The number of nitrogens with one attached hydrogen (secondary N) is 3. The van der Waals surface area contributed by atoms with Gasteiger partial charge in [-0.2, -0.15) is 0 Å². The molecule has 3 aliphatic heterocycles. The number of rotatable bonds is 23. The molecule has 0 aromatic rings. The molecular weight excluding hydrogens is 782 g/mol. The van der Waals surface area contributed by atoms with Crippen molar-refractivity contribution in [1.82, 2.24) is 20.9 Å². The third-order valence-corrected chi connectivity index (χ3v) is 10.4. The number of aliphatic hydroxyl groups excluding tert-OH is 12. The first-order chi connectivity index (χ1) is 27.6. The first-order valence-corrected chi connectivity index (χ1v) is 19.4. The Morgan fingerprint density at radius 3 is 1.45 bits per heavy atom. The van der Waals surface area contributed by atoms with Crippen LogP contribution in [-0.2, 0) is 33.3 Å². The van der Waals surface area contributed by atoms with Gasteiger partial charge in [0.1, 0.15) is 73.2 Å². The second kappa shape index (κ2) is 24.8. The summed E-state index contributed by atoms with van der Waals surface area (Å²) in [6, 6.07) is -1.12. The normalized spacial score (nSPS) is 36.0. The molecule has 16 atom stereocenters. The van der Waals surface area contributed by atoms with Gasteiger partial charge in [0.15, 0.2) is 6.29 Å². The minimum absolute atomic E-state index is 0.0551. The van der Waals surface area contributed by atoms with Gasteiger partial charge in [-0.25, -0.2) is 0 Å². The Bertz CT molecular complexity index is 1180. The minimum Gasteiger partial charge on any atom is -0.394 e. The van der Waals surface area contributed by atoms with E-state index in [-0.39, 0.29) is 52.0 Å². The SMILES string of the molecule is NCCCC[C@@H](C(=O)NCCO[C@H]1O[C@H](CO)[C@@H](O)[C@H](O)[C@@H]1O)N(CC(=O)NCC[C@H]1O[C@H](CO)[C@@H](O)[C@H](O)[C@@H]1O)CC(=O)NCC[C@H]1O[C@H](CO)[C@@H](O)[C@H](O)[C@@H]1O. The van der Waals surface area contributed by atoms with Gasteiger partial charge in [0.25, 0.3) is 0 Å². The third-order valence-electron chi connectivity index (χ3n) is 10.4. The fourth-order valence-electron chi connectivity index (χ4n) is 6.93. The van der Waals surface area contributed by atoms with Crippen molar-refractivity contribution in [3.8, 4) is 0 Å². The summed E-state index contributed by atoms with van der Waals surface area (Å²) < 4.78 is 21.7. The van der Waals surface area contributed by atoms with Crippen LogP contribution in [-0.4, -0.2) is 247 Å². The van der Waals surface area contributed by atoms with Crippen molar-refractivity contribution in [2.24, 2.45) is 5.73 Å². The molecular formula is C34H63N5O19. The molecule has 3 fully saturated rings. The van der Waals surface area contributed by atoms with Crippen LogP contribution >= 0.6 is 0 Å². The maximum absolute atomic E-state index is 13.7. The molecule has 0 aromatic carbocycles. The van der Waals surface area contributed by atoms with Gasteiger partial charge < -0.3 is 102 Å². The van der Waals surface area contributed by atoms with Crippen LogP contribution in [0.2, 0.25) is 0 Å². The third kappa shape index (κ3) is 13.9. The van der Waals surface area contributed by atoms with Crippen LogP contribution in [0.1, 0.15) is 32.1 Å². The van der Waals surface area contributed by atoms with Gasteiger partial charge >= 0.3 is 0 Å². The quantitative estimate of drug-likeness (QED) is 0.0425. The molecule has 3 heterocycles. The lowest BCUT2D eigenvalue weighted by molar-refractivity contribution is -0.300. The zero-order valence-electron chi connectivity index (χ0n) is 32.1. The largest absolute Gasteiger partial charge is 0.394 e. The van der Waals surface area contributed by atoms with Crippen LogP contribution < -0.4 is 21.7 Å². The molecule has 58 heavy (non-hydrogen) atoms. The van der Waals surface area contributed by atoms with E-state index in [0.717, 1.165) is 0 Å². The van der Waals surface area contributed by atoms with Gasteiger partial charge in [0.05, 0.1) is 57.8 Å². The minimum atomic E-state index is -1.68. The fraction of sp³-hybridized carbons (Fsp3) is 0.912. The highest BCUT2D eigenvalue weighted by molar-refractivity contribution is 5.86. The van der Waals surface area contributed by atoms with Crippen molar-refractivity contribution in [3.63, 3.8) is 0 Å². The number of amides is 3. The molecule has 3 saturated heterocycles. The lowest BCUT2D eigenvalue weighted by atomic mass is 9.93. The number of hydrogen-bond donors (Lipinski definition) is 16. The van der Waals surface area contributed by atoms with Crippen LogP contribution in [0, 0.1) is 0 Å². The summed E-state index contributed by atoms with van der Waals surface area (Å²) in [6.45, 7) is -3.43. The molecule has 0 spiro atoms. The van der Waals surface area contributed by atoms with Gasteiger partial charge in [-0.1, -0.05) is 6.42 Å².